The number of hydrogen-bond acceptors (Lipinski definition) is 4. The normalized spacial score (nSPS) is 9.80. The first-order valence-corrected chi connectivity index (χ1v) is 4.94. The highest BCUT2D eigenvalue weighted by Crippen LogP contribution is 2.14. The van der Waals surface area contributed by atoms with Crippen LogP contribution in [-0.2, 0) is 0 Å². The molecule has 0 fully saturated rings. The van der Waals surface area contributed by atoms with E-state index < -0.39 is 0 Å². The van der Waals surface area contributed by atoms with Gasteiger partial charge in [-0.05, 0) is 19.9 Å². The molecule has 82 valence electrons. The zero-order valence-corrected chi connectivity index (χ0v) is 9.03. The molecule has 0 aromatic carbocycles. The summed E-state index contributed by atoms with van der Waals surface area (Å²) >= 11 is 0. The van der Waals surface area contributed by atoms with E-state index in [4.69, 9.17) is 5.84 Å². The van der Waals surface area contributed by atoms with Crippen LogP contribution in [0, 0.1) is 0 Å². The second kappa shape index (κ2) is 5.31. The molecule has 0 aliphatic heterocycles. The third kappa shape index (κ3) is 2.44. The van der Waals surface area contributed by atoms with Gasteiger partial charge in [0.05, 0.1) is 11.3 Å². The topological polar surface area (TPSA) is 71.2 Å². The molecule has 0 unspecified atom stereocenters. The lowest BCUT2D eigenvalue weighted by atomic mass is 10.2. The minimum absolute atomic E-state index is 0.0546. The van der Waals surface area contributed by atoms with E-state index in [2.05, 4.69) is 10.4 Å². The van der Waals surface area contributed by atoms with Gasteiger partial charge >= 0.3 is 0 Å². The lowest BCUT2D eigenvalue weighted by Crippen LogP contribution is -2.31. The molecule has 0 radical (unpaired) electrons. The Labute approximate surface area is 89.3 Å². The van der Waals surface area contributed by atoms with Crippen molar-refractivity contribution >= 4 is 11.6 Å². The molecule has 0 atom stereocenters. The van der Waals surface area contributed by atoms with Crippen molar-refractivity contribution in [1.82, 2.24) is 9.88 Å². The summed E-state index contributed by atoms with van der Waals surface area (Å²) < 4.78 is 0. The lowest BCUT2D eigenvalue weighted by molar-refractivity contribution is 0.0773. The fraction of sp³-hybridized carbons (Fsp3) is 0.400. The number of nitrogens with two attached hydrogens (primary N) is 1. The van der Waals surface area contributed by atoms with Crippen molar-refractivity contribution in [3.63, 3.8) is 0 Å². The molecule has 1 amide bonds. The maximum absolute atomic E-state index is 12.0. The second-order valence-corrected chi connectivity index (χ2v) is 3.04. The Hall–Kier alpha value is -1.62. The Morgan fingerprint density at radius 3 is 2.73 bits per heavy atom. The summed E-state index contributed by atoms with van der Waals surface area (Å²) in [4.78, 5) is 17.6. The number of carbonyl (C=O) groups is 1. The van der Waals surface area contributed by atoms with Gasteiger partial charge in [0.15, 0.2) is 0 Å². The zero-order valence-electron chi connectivity index (χ0n) is 9.03. The Kier molecular flexibility index (Phi) is 4.05. The molecular weight excluding hydrogens is 192 g/mol. The highest BCUT2D eigenvalue weighted by molar-refractivity contribution is 5.99. The molecule has 5 nitrogen and oxygen atoms in total. The molecule has 0 spiro atoms. The third-order valence-electron chi connectivity index (χ3n) is 2.26. The smallest absolute Gasteiger partial charge is 0.257 e. The largest absolute Gasteiger partial charge is 0.339 e. The predicted molar refractivity (Wildman–Crippen MR) is 59.3 cm³/mol. The zero-order chi connectivity index (χ0) is 11.3. The van der Waals surface area contributed by atoms with E-state index in [1.165, 1.54) is 6.20 Å². The van der Waals surface area contributed by atoms with Gasteiger partial charge in [-0.2, -0.15) is 0 Å². The Morgan fingerprint density at radius 1 is 1.53 bits per heavy atom. The predicted octanol–water partition coefficient (Wildman–Crippen LogP) is 0.849. The van der Waals surface area contributed by atoms with Gasteiger partial charge in [0.25, 0.3) is 5.91 Å². The van der Waals surface area contributed by atoms with Crippen LogP contribution in [0.1, 0.15) is 24.2 Å². The minimum atomic E-state index is -0.0546. The van der Waals surface area contributed by atoms with Gasteiger partial charge in [0.2, 0.25) is 0 Å². The number of amides is 1. The number of aromatic nitrogens is 1. The number of nitrogen functional groups attached to an aromatic ring is 1. The summed E-state index contributed by atoms with van der Waals surface area (Å²) in [6.07, 6.45) is 3.12. The van der Waals surface area contributed by atoms with Gasteiger partial charge < -0.3 is 10.3 Å². The number of rotatable bonds is 4. The number of nitrogens with zero attached hydrogens (tertiary/aromatic N) is 2. The summed E-state index contributed by atoms with van der Waals surface area (Å²) in [5, 5.41) is 0. The maximum atomic E-state index is 12.0. The number of nitrogens with one attached hydrogen (secondary N) is 1. The van der Waals surface area contributed by atoms with E-state index >= 15 is 0 Å². The molecule has 1 aromatic heterocycles. The van der Waals surface area contributed by atoms with E-state index in [1.807, 2.05) is 13.8 Å². The molecule has 0 saturated heterocycles. The van der Waals surface area contributed by atoms with E-state index in [0.717, 1.165) is 0 Å². The molecular formula is C10H16N4O. The standard InChI is InChI=1S/C10H16N4O/c1-3-14(4-2)10(15)8-7-12-6-5-9(8)13-11/h5-7H,3-4,11H2,1-2H3,(H,12,13). The maximum Gasteiger partial charge on any atom is 0.257 e. The third-order valence-corrected chi connectivity index (χ3v) is 2.26. The minimum Gasteiger partial charge on any atom is -0.339 e. The number of hydrazine groups is 1. The number of pyridine rings is 1. The van der Waals surface area contributed by atoms with Crippen LogP contribution >= 0.6 is 0 Å². The first-order valence-electron chi connectivity index (χ1n) is 4.94. The molecule has 5 heteroatoms. The molecule has 1 heterocycles. The SMILES string of the molecule is CCN(CC)C(=O)c1cnccc1NN. The molecule has 0 bridgehead atoms. The number of hydrogen-bond donors (Lipinski definition) is 2. The van der Waals surface area contributed by atoms with Gasteiger partial charge in [-0.25, -0.2) is 0 Å². The van der Waals surface area contributed by atoms with Crippen molar-refractivity contribution < 1.29 is 4.79 Å². The molecule has 0 aliphatic carbocycles. The number of carbonyl (C=O) groups excluding carboxylic acids is 1. The van der Waals surface area contributed by atoms with E-state index in [0.29, 0.717) is 24.3 Å². The van der Waals surface area contributed by atoms with Gasteiger partial charge in [-0.1, -0.05) is 0 Å². The summed E-state index contributed by atoms with van der Waals surface area (Å²) in [5.41, 5.74) is 3.59. The van der Waals surface area contributed by atoms with Crippen LogP contribution in [0.25, 0.3) is 0 Å². The monoisotopic (exact) mass is 208 g/mol. The average molecular weight is 208 g/mol. The molecule has 15 heavy (non-hydrogen) atoms. The van der Waals surface area contributed by atoms with E-state index in [-0.39, 0.29) is 5.91 Å². The van der Waals surface area contributed by atoms with Crippen LogP contribution in [0.3, 0.4) is 0 Å². The Morgan fingerprint density at radius 2 is 2.20 bits per heavy atom. The first-order chi connectivity index (χ1) is 7.24. The van der Waals surface area contributed by atoms with Crippen molar-refractivity contribution in [2.24, 2.45) is 5.84 Å². The van der Waals surface area contributed by atoms with Crippen LogP contribution in [-0.4, -0.2) is 28.9 Å². The highest BCUT2D eigenvalue weighted by Gasteiger charge is 2.15. The molecule has 0 aliphatic rings. The first kappa shape index (κ1) is 11.5. The van der Waals surface area contributed by atoms with Crippen molar-refractivity contribution in [3.05, 3.63) is 24.0 Å². The highest BCUT2D eigenvalue weighted by atomic mass is 16.2. The second-order valence-electron chi connectivity index (χ2n) is 3.04. The van der Waals surface area contributed by atoms with Crippen molar-refractivity contribution in [2.75, 3.05) is 18.5 Å². The fourth-order valence-electron chi connectivity index (χ4n) is 1.37. The van der Waals surface area contributed by atoms with Crippen molar-refractivity contribution in [3.8, 4) is 0 Å². The van der Waals surface area contributed by atoms with Crippen LogP contribution in [0.2, 0.25) is 0 Å². The van der Waals surface area contributed by atoms with Crippen LogP contribution in [0.15, 0.2) is 18.5 Å². The van der Waals surface area contributed by atoms with Crippen molar-refractivity contribution in [1.29, 1.82) is 0 Å². The summed E-state index contributed by atoms with van der Waals surface area (Å²) in [6.45, 7) is 5.23. The van der Waals surface area contributed by atoms with Crippen LogP contribution < -0.4 is 11.3 Å². The van der Waals surface area contributed by atoms with Gasteiger partial charge in [0.1, 0.15) is 0 Å². The van der Waals surface area contributed by atoms with Crippen LogP contribution in [0.5, 0.6) is 0 Å². The molecule has 1 rings (SSSR count). The Balaban J connectivity index is 2.99. The summed E-state index contributed by atoms with van der Waals surface area (Å²) in [5.74, 6) is 5.27. The summed E-state index contributed by atoms with van der Waals surface area (Å²) in [6, 6.07) is 1.68. The van der Waals surface area contributed by atoms with Crippen LogP contribution in [0.4, 0.5) is 5.69 Å². The van der Waals surface area contributed by atoms with Gasteiger partial charge in [-0.3, -0.25) is 15.6 Å². The average Bonchev–Trinajstić information content (AvgIpc) is 2.30. The molecule has 0 saturated carbocycles. The van der Waals surface area contributed by atoms with Gasteiger partial charge in [-0.15, -0.1) is 0 Å². The van der Waals surface area contributed by atoms with E-state index in [9.17, 15) is 4.79 Å². The number of anilines is 1. The fourth-order valence-corrected chi connectivity index (χ4v) is 1.37. The Bertz CT molecular complexity index is 336. The van der Waals surface area contributed by atoms with Gasteiger partial charge in [0, 0.05) is 25.5 Å². The molecule has 1 aromatic rings. The quantitative estimate of drug-likeness (QED) is 0.568. The summed E-state index contributed by atoms with van der Waals surface area (Å²) in [7, 11) is 0. The van der Waals surface area contributed by atoms with E-state index in [1.54, 1.807) is 17.2 Å². The van der Waals surface area contributed by atoms with Crippen molar-refractivity contribution in [2.45, 2.75) is 13.8 Å². The lowest BCUT2D eigenvalue weighted by Gasteiger charge is -2.19. The molecule has 3 N–H and O–H groups in total.